The van der Waals surface area contributed by atoms with E-state index < -0.39 is 24.7 Å². The first kappa shape index (κ1) is 24.5. The number of H-pyrrole nitrogens is 1. The van der Waals surface area contributed by atoms with Crippen LogP contribution in [-0.4, -0.2) is 94.2 Å². The summed E-state index contributed by atoms with van der Waals surface area (Å²) < 4.78 is 38.2. The van der Waals surface area contributed by atoms with E-state index in [9.17, 15) is 22.8 Å². The minimum absolute atomic E-state index is 0. The molecule has 1 fully saturated rings. The number of alkyl halides is 3. The van der Waals surface area contributed by atoms with Crippen LogP contribution in [-0.2, 0) is 4.79 Å². The fourth-order valence-corrected chi connectivity index (χ4v) is 4.00. The SMILES string of the molecule is CN(C)C(=O)N1CCN(c2ccnc(-c3c[nH]c4ncc(Cl)cc34)n2)[C@H](C(=O)NCC(F)(F)F)C1.[HH].[HH]. The molecule has 1 aliphatic rings. The number of fused-ring (bicyclic) bond motifs is 1. The van der Waals surface area contributed by atoms with Crippen LogP contribution in [0.1, 0.15) is 2.85 Å². The predicted molar refractivity (Wildman–Crippen MR) is 127 cm³/mol. The van der Waals surface area contributed by atoms with E-state index in [1.54, 1.807) is 37.3 Å². The first-order valence-corrected chi connectivity index (χ1v) is 10.9. The second-order valence-electron chi connectivity index (χ2n) is 8.16. The molecule has 1 saturated heterocycles. The Kier molecular flexibility index (Phi) is 6.70. The number of nitrogens with one attached hydrogen (secondary N) is 2. The van der Waals surface area contributed by atoms with Crippen molar-refractivity contribution in [1.82, 2.24) is 35.1 Å². The molecular weight excluding hydrogens is 489 g/mol. The van der Waals surface area contributed by atoms with Crippen LogP contribution >= 0.6 is 11.6 Å². The number of carbonyl (C=O) groups excluding carboxylic acids is 2. The van der Waals surface area contributed by atoms with Crippen molar-refractivity contribution < 1.29 is 25.6 Å². The van der Waals surface area contributed by atoms with E-state index in [0.717, 1.165) is 0 Å². The third-order valence-corrected chi connectivity index (χ3v) is 5.68. The predicted octanol–water partition coefficient (Wildman–Crippen LogP) is 3.02. The van der Waals surface area contributed by atoms with Gasteiger partial charge in [0.2, 0.25) is 5.91 Å². The molecule has 3 amide bonds. The summed E-state index contributed by atoms with van der Waals surface area (Å²) >= 11 is 6.08. The largest absolute Gasteiger partial charge is 0.405 e. The average Bonchev–Trinajstić information content (AvgIpc) is 3.24. The first-order valence-electron chi connectivity index (χ1n) is 10.6. The van der Waals surface area contributed by atoms with Gasteiger partial charge in [-0.1, -0.05) is 11.6 Å². The van der Waals surface area contributed by atoms with Gasteiger partial charge in [-0.25, -0.2) is 19.7 Å². The van der Waals surface area contributed by atoms with E-state index in [2.05, 4.69) is 19.9 Å². The highest BCUT2D eigenvalue weighted by molar-refractivity contribution is 6.31. The Bertz CT molecular complexity index is 1260. The van der Waals surface area contributed by atoms with Crippen LogP contribution in [0.25, 0.3) is 22.4 Å². The van der Waals surface area contributed by atoms with Crippen molar-refractivity contribution in [2.24, 2.45) is 0 Å². The van der Waals surface area contributed by atoms with Gasteiger partial charge in [0.25, 0.3) is 0 Å². The molecule has 4 rings (SSSR count). The lowest BCUT2D eigenvalue weighted by atomic mass is 10.1. The number of aromatic nitrogens is 4. The number of amides is 3. The number of hydrogen-bond donors (Lipinski definition) is 2. The second kappa shape index (κ2) is 9.56. The molecule has 0 aliphatic carbocycles. The monoisotopic (exact) mass is 514 g/mol. The Morgan fingerprint density at radius 2 is 2.09 bits per heavy atom. The lowest BCUT2D eigenvalue weighted by Gasteiger charge is -2.41. The molecule has 2 N–H and O–H groups in total. The summed E-state index contributed by atoms with van der Waals surface area (Å²) in [6.45, 7) is -1.14. The number of aromatic amines is 1. The summed E-state index contributed by atoms with van der Waals surface area (Å²) in [6, 6.07) is 1.85. The number of pyridine rings is 1. The van der Waals surface area contributed by atoms with Crippen LogP contribution in [0.5, 0.6) is 0 Å². The van der Waals surface area contributed by atoms with Crippen LogP contribution in [0.2, 0.25) is 5.02 Å². The lowest BCUT2D eigenvalue weighted by Crippen LogP contribution is -2.62. The molecule has 3 aromatic heterocycles. The zero-order valence-electron chi connectivity index (χ0n) is 18.8. The smallest absolute Gasteiger partial charge is 0.345 e. The molecule has 14 heteroatoms. The molecule has 1 aliphatic heterocycles. The van der Waals surface area contributed by atoms with Gasteiger partial charge in [-0.05, 0) is 12.1 Å². The number of halogens is 4. The Morgan fingerprint density at radius 3 is 2.80 bits per heavy atom. The molecule has 0 aromatic carbocycles. The summed E-state index contributed by atoms with van der Waals surface area (Å²) in [5.41, 5.74) is 1.20. The maximum atomic E-state index is 12.8. The summed E-state index contributed by atoms with van der Waals surface area (Å²) in [5.74, 6) is -0.204. The molecule has 3 aromatic rings. The molecule has 10 nitrogen and oxygen atoms in total. The number of piperazine rings is 1. The quantitative estimate of drug-likeness (QED) is 0.554. The summed E-state index contributed by atoms with van der Waals surface area (Å²) in [4.78, 5) is 45.7. The topological polar surface area (TPSA) is 110 Å². The fraction of sp³-hybridized carbons (Fsp3) is 0.381. The first-order chi connectivity index (χ1) is 16.5. The van der Waals surface area contributed by atoms with Gasteiger partial charge in [-0.15, -0.1) is 0 Å². The summed E-state index contributed by atoms with van der Waals surface area (Å²) in [7, 11) is 3.12. The molecule has 1 atom stereocenters. The number of rotatable bonds is 4. The van der Waals surface area contributed by atoms with E-state index in [-0.39, 0.29) is 28.5 Å². The van der Waals surface area contributed by atoms with Crippen molar-refractivity contribution in [3.05, 3.63) is 35.7 Å². The van der Waals surface area contributed by atoms with Crippen LogP contribution in [0.4, 0.5) is 23.8 Å². The lowest BCUT2D eigenvalue weighted by molar-refractivity contribution is -0.139. The summed E-state index contributed by atoms with van der Waals surface area (Å²) in [5, 5.41) is 3.04. The maximum Gasteiger partial charge on any atom is 0.405 e. The second-order valence-corrected chi connectivity index (χ2v) is 8.59. The van der Waals surface area contributed by atoms with Crippen LogP contribution < -0.4 is 10.2 Å². The Morgan fingerprint density at radius 1 is 1.31 bits per heavy atom. The average molecular weight is 515 g/mol. The Labute approximate surface area is 206 Å². The third kappa shape index (κ3) is 5.39. The molecule has 0 bridgehead atoms. The maximum absolute atomic E-state index is 12.8. The van der Waals surface area contributed by atoms with E-state index in [1.165, 1.54) is 22.2 Å². The van der Waals surface area contributed by atoms with Crippen molar-refractivity contribution in [2.45, 2.75) is 12.2 Å². The highest BCUT2D eigenvalue weighted by atomic mass is 35.5. The van der Waals surface area contributed by atoms with Gasteiger partial charge in [-0.2, -0.15) is 13.2 Å². The van der Waals surface area contributed by atoms with Gasteiger partial charge in [0.1, 0.15) is 24.1 Å². The van der Waals surface area contributed by atoms with Crippen molar-refractivity contribution >= 4 is 40.4 Å². The number of carbonyl (C=O) groups is 2. The molecule has 4 heterocycles. The van der Waals surface area contributed by atoms with E-state index in [4.69, 9.17) is 11.6 Å². The van der Waals surface area contributed by atoms with Gasteiger partial charge < -0.3 is 25.0 Å². The fourth-order valence-electron chi connectivity index (χ4n) is 3.85. The third-order valence-electron chi connectivity index (χ3n) is 5.47. The van der Waals surface area contributed by atoms with Crippen molar-refractivity contribution in [3.8, 4) is 11.4 Å². The molecular formula is C21H26ClF3N8O2. The van der Waals surface area contributed by atoms with E-state index >= 15 is 0 Å². The van der Waals surface area contributed by atoms with E-state index in [0.29, 0.717) is 33.3 Å². The molecule has 0 spiro atoms. The Hall–Kier alpha value is -3.61. The van der Waals surface area contributed by atoms with Crippen LogP contribution in [0, 0.1) is 0 Å². The highest BCUT2D eigenvalue weighted by Crippen LogP contribution is 2.29. The van der Waals surface area contributed by atoms with E-state index in [1.807, 2.05) is 5.32 Å². The number of hydrogen-bond acceptors (Lipinski definition) is 6. The van der Waals surface area contributed by atoms with Crippen molar-refractivity contribution in [3.63, 3.8) is 0 Å². The molecule has 0 radical (unpaired) electrons. The molecule has 35 heavy (non-hydrogen) atoms. The Balaban J connectivity index is 0.00000241. The number of urea groups is 1. The molecule has 0 saturated carbocycles. The molecule has 0 unspecified atom stereocenters. The van der Waals surface area contributed by atoms with Crippen LogP contribution in [0.3, 0.4) is 0 Å². The zero-order chi connectivity index (χ0) is 25.3. The van der Waals surface area contributed by atoms with Gasteiger partial charge in [0.05, 0.1) is 11.6 Å². The summed E-state index contributed by atoms with van der Waals surface area (Å²) in [6.07, 6.45) is 0.103. The normalized spacial score (nSPS) is 16.5. The standard InChI is InChI=1S/C21H22ClF3N8O2.2H2/c1-31(2)20(35)32-5-6-33(15(10-32)19(34)29-11-21(23,24)25)16-3-4-26-18(30-16)14-9-28-17-13(14)7-12(22)8-27-17;;/h3-4,7-9,15H,5-6,10-11H2,1-2H3,(H,27,28)(H,29,34);2*1H/t15-;;/m0../s1. The number of nitrogens with zero attached hydrogens (tertiary/aromatic N) is 6. The van der Waals surface area contributed by atoms with Gasteiger partial charge in [-0.3, -0.25) is 4.79 Å². The van der Waals surface area contributed by atoms with Gasteiger partial charge in [0, 0.05) is 59.6 Å². The molecule has 190 valence electrons. The highest BCUT2D eigenvalue weighted by Gasteiger charge is 2.37. The van der Waals surface area contributed by atoms with Gasteiger partial charge in [0.15, 0.2) is 5.82 Å². The zero-order valence-corrected chi connectivity index (χ0v) is 19.6. The number of anilines is 1. The van der Waals surface area contributed by atoms with Crippen molar-refractivity contribution in [1.29, 1.82) is 0 Å². The minimum Gasteiger partial charge on any atom is -0.345 e. The minimum atomic E-state index is -4.57. The van der Waals surface area contributed by atoms with Gasteiger partial charge >= 0.3 is 12.2 Å². The van der Waals surface area contributed by atoms with Crippen molar-refractivity contribution in [2.75, 3.05) is 45.2 Å². The van der Waals surface area contributed by atoms with Crippen LogP contribution in [0.15, 0.2) is 30.7 Å².